The Hall–Kier alpha value is -1.08. The molecule has 2 fully saturated rings. The lowest BCUT2D eigenvalue weighted by Crippen LogP contribution is -2.41. The molecule has 160 valence electrons. The molecule has 1 N–H and O–H groups in total. The zero-order valence-electron chi connectivity index (χ0n) is 19.4. The second kappa shape index (κ2) is 7.56. The average molecular weight is 395 g/mol. The standard InChI is InChI=1S/C28H42O/c1-18(2)19(3)7-8-20(4)24-11-12-25-23-10-9-21-17-22(29)13-15-27(21,5)26(23)14-16-28(24,25)6/h9-10,14,18,20,22,24-25,29H,3,7-8,11-13,15-17H2,1-2,4-6H3/t20-,22+,24-,25+,27+,28-/m1/s1. The van der Waals surface area contributed by atoms with Gasteiger partial charge in [-0.1, -0.05) is 70.6 Å². The van der Waals surface area contributed by atoms with E-state index in [0.717, 1.165) is 31.1 Å². The van der Waals surface area contributed by atoms with Crippen LogP contribution in [0.3, 0.4) is 0 Å². The van der Waals surface area contributed by atoms with Gasteiger partial charge in [0.05, 0.1) is 6.10 Å². The molecule has 0 bridgehead atoms. The SMILES string of the molecule is C=C(CC[C@@H](C)[C@H]1CC[C@H]2C3=CC=C4C[C@@H](O)CC[C@]4(C)C3=CC[C@]12C)C(C)C. The third-order valence-electron chi connectivity index (χ3n) is 9.47. The van der Waals surface area contributed by atoms with Gasteiger partial charge < -0.3 is 5.11 Å². The van der Waals surface area contributed by atoms with Crippen molar-refractivity contribution in [2.75, 3.05) is 0 Å². The van der Waals surface area contributed by atoms with Crippen LogP contribution < -0.4 is 0 Å². The van der Waals surface area contributed by atoms with Gasteiger partial charge in [-0.25, -0.2) is 0 Å². The molecule has 0 aliphatic heterocycles. The summed E-state index contributed by atoms with van der Waals surface area (Å²) in [6, 6.07) is 0. The van der Waals surface area contributed by atoms with E-state index in [1.807, 2.05) is 0 Å². The van der Waals surface area contributed by atoms with Crippen molar-refractivity contribution in [1.82, 2.24) is 0 Å². The summed E-state index contributed by atoms with van der Waals surface area (Å²) in [4.78, 5) is 0. The zero-order valence-corrected chi connectivity index (χ0v) is 19.4. The Balaban J connectivity index is 1.56. The van der Waals surface area contributed by atoms with E-state index in [4.69, 9.17) is 0 Å². The number of hydrogen-bond donors (Lipinski definition) is 1. The van der Waals surface area contributed by atoms with Crippen molar-refractivity contribution in [2.45, 2.75) is 92.1 Å². The van der Waals surface area contributed by atoms with Gasteiger partial charge >= 0.3 is 0 Å². The first-order chi connectivity index (χ1) is 13.7. The number of fused-ring (bicyclic) bond motifs is 5. The highest BCUT2D eigenvalue weighted by molar-refractivity contribution is 5.53. The molecule has 0 aromatic carbocycles. The summed E-state index contributed by atoms with van der Waals surface area (Å²) in [6.45, 7) is 16.4. The number of aliphatic hydroxyl groups excluding tert-OH is 1. The van der Waals surface area contributed by atoms with Gasteiger partial charge in [0.2, 0.25) is 0 Å². The van der Waals surface area contributed by atoms with Crippen molar-refractivity contribution in [3.63, 3.8) is 0 Å². The van der Waals surface area contributed by atoms with Crippen molar-refractivity contribution in [2.24, 2.45) is 34.5 Å². The Bertz CT molecular complexity index is 765. The third kappa shape index (κ3) is 3.42. The van der Waals surface area contributed by atoms with Crippen molar-refractivity contribution < 1.29 is 5.11 Å². The monoisotopic (exact) mass is 394 g/mol. The maximum atomic E-state index is 10.2. The van der Waals surface area contributed by atoms with Gasteiger partial charge in [-0.2, -0.15) is 0 Å². The normalized spacial score (nSPS) is 39.7. The maximum absolute atomic E-state index is 10.2. The third-order valence-corrected chi connectivity index (χ3v) is 9.47. The molecule has 0 unspecified atom stereocenters. The van der Waals surface area contributed by atoms with Gasteiger partial charge in [-0.15, -0.1) is 0 Å². The molecule has 1 nitrogen and oxygen atoms in total. The average Bonchev–Trinajstić information content (AvgIpc) is 3.03. The van der Waals surface area contributed by atoms with E-state index in [-0.39, 0.29) is 11.5 Å². The van der Waals surface area contributed by atoms with Crippen LogP contribution in [-0.2, 0) is 0 Å². The molecule has 1 heteroatoms. The van der Waals surface area contributed by atoms with Crippen LogP contribution in [0.25, 0.3) is 0 Å². The van der Waals surface area contributed by atoms with Gasteiger partial charge in [0.1, 0.15) is 0 Å². The summed E-state index contributed by atoms with van der Waals surface area (Å²) in [5.41, 5.74) is 6.72. The molecule has 0 aromatic rings. The summed E-state index contributed by atoms with van der Waals surface area (Å²) < 4.78 is 0. The molecular formula is C28H42O. The molecule has 2 saturated carbocycles. The lowest BCUT2D eigenvalue weighted by Gasteiger charge is -2.50. The molecule has 0 aromatic heterocycles. The van der Waals surface area contributed by atoms with Crippen LogP contribution in [0.15, 0.2) is 47.1 Å². The summed E-state index contributed by atoms with van der Waals surface area (Å²) in [5, 5.41) is 10.2. The molecule has 0 amide bonds. The molecular weight excluding hydrogens is 352 g/mol. The lowest BCUT2D eigenvalue weighted by atomic mass is 9.54. The second-order valence-corrected chi connectivity index (χ2v) is 11.4. The minimum Gasteiger partial charge on any atom is -0.393 e. The second-order valence-electron chi connectivity index (χ2n) is 11.4. The van der Waals surface area contributed by atoms with Crippen LogP contribution in [-0.4, -0.2) is 11.2 Å². The molecule has 4 aliphatic rings. The van der Waals surface area contributed by atoms with Crippen LogP contribution in [0.5, 0.6) is 0 Å². The van der Waals surface area contributed by atoms with E-state index < -0.39 is 0 Å². The summed E-state index contributed by atoms with van der Waals surface area (Å²) in [6.07, 6.45) is 16.6. The van der Waals surface area contributed by atoms with Crippen LogP contribution in [0.2, 0.25) is 0 Å². The Morgan fingerprint density at radius 1 is 1.17 bits per heavy atom. The van der Waals surface area contributed by atoms with Gasteiger partial charge in [0, 0.05) is 5.41 Å². The minimum atomic E-state index is -0.143. The predicted octanol–water partition coefficient (Wildman–Crippen LogP) is 7.40. The Morgan fingerprint density at radius 2 is 1.93 bits per heavy atom. The fourth-order valence-corrected chi connectivity index (χ4v) is 7.23. The largest absolute Gasteiger partial charge is 0.393 e. The number of rotatable bonds is 5. The first kappa shape index (κ1) is 21.2. The van der Waals surface area contributed by atoms with E-state index in [1.54, 1.807) is 11.1 Å². The highest BCUT2D eigenvalue weighted by atomic mass is 16.3. The molecule has 6 atom stereocenters. The van der Waals surface area contributed by atoms with Crippen LogP contribution >= 0.6 is 0 Å². The van der Waals surface area contributed by atoms with E-state index >= 15 is 0 Å². The Kier molecular flexibility index (Phi) is 5.52. The lowest BCUT2D eigenvalue weighted by molar-refractivity contribution is 0.107. The van der Waals surface area contributed by atoms with Gasteiger partial charge in [0.25, 0.3) is 0 Å². The molecule has 0 radical (unpaired) electrons. The summed E-state index contributed by atoms with van der Waals surface area (Å²) >= 11 is 0. The summed E-state index contributed by atoms with van der Waals surface area (Å²) in [7, 11) is 0. The smallest absolute Gasteiger partial charge is 0.0578 e. The zero-order chi connectivity index (χ0) is 21.0. The molecule has 4 aliphatic carbocycles. The summed E-state index contributed by atoms with van der Waals surface area (Å²) in [5.74, 6) is 2.91. The van der Waals surface area contributed by atoms with Crippen LogP contribution in [0, 0.1) is 34.5 Å². The maximum Gasteiger partial charge on any atom is 0.0578 e. The molecule has 0 saturated heterocycles. The molecule has 0 spiro atoms. The van der Waals surface area contributed by atoms with Crippen LogP contribution in [0.1, 0.15) is 86.0 Å². The quantitative estimate of drug-likeness (QED) is 0.482. The minimum absolute atomic E-state index is 0.143. The molecule has 4 rings (SSSR count). The number of aliphatic hydroxyl groups is 1. The van der Waals surface area contributed by atoms with Crippen molar-refractivity contribution in [1.29, 1.82) is 0 Å². The van der Waals surface area contributed by atoms with Gasteiger partial charge in [-0.05, 0) is 91.6 Å². The first-order valence-corrected chi connectivity index (χ1v) is 12.1. The topological polar surface area (TPSA) is 20.2 Å². The van der Waals surface area contributed by atoms with E-state index in [9.17, 15) is 5.11 Å². The highest BCUT2D eigenvalue weighted by Crippen LogP contribution is 2.64. The van der Waals surface area contributed by atoms with Crippen molar-refractivity contribution in [3.8, 4) is 0 Å². The first-order valence-electron chi connectivity index (χ1n) is 12.1. The fraction of sp³-hybridized carbons (Fsp3) is 0.714. The van der Waals surface area contributed by atoms with Crippen LogP contribution in [0.4, 0.5) is 0 Å². The van der Waals surface area contributed by atoms with E-state index in [2.05, 4.69) is 59.4 Å². The van der Waals surface area contributed by atoms with E-state index in [0.29, 0.717) is 17.3 Å². The van der Waals surface area contributed by atoms with E-state index in [1.165, 1.54) is 43.3 Å². The van der Waals surface area contributed by atoms with Crippen molar-refractivity contribution in [3.05, 3.63) is 47.1 Å². The Morgan fingerprint density at radius 3 is 2.66 bits per heavy atom. The highest BCUT2D eigenvalue weighted by Gasteiger charge is 2.54. The number of allylic oxidation sites excluding steroid dienone is 6. The predicted molar refractivity (Wildman–Crippen MR) is 124 cm³/mol. The Labute approximate surface area is 179 Å². The fourth-order valence-electron chi connectivity index (χ4n) is 7.23. The molecule has 0 heterocycles. The van der Waals surface area contributed by atoms with Gasteiger partial charge in [0.15, 0.2) is 0 Å². The number of hydrogen-bond acceptors (Lipinski definition) is 1. The van der Waals surface area contributed by atoms with Crippen molar-refractivity contribution >= 4 is 0 Å². The molecule has 29 heavy (non-hydrogen) atoms. The van der Waals surface area contributed by atoms with Gasteiger partial charge in [-0.3, -0.25) is 0 Å².